The number of fused-ring (bicyclic) bond motifs is 1. The molecular weight excluding hydrogens is 337 g/mol. The summed E-state index contributed by atoms with van der Waals surface area (Å²) in [7, 11) is 0. The van der Waals surface area contributed by atoms with E-state index in [2.05, 4.69) is 9.97 Å². The van der Waals surface area contributed by atoms with E-state index in [4.69, 9.17) is 9.47 Å². The van der Waals surface area contributed by atoms with Crippen molar-refractivity contribution in [3.05, 3.63) is 47.2 Å². The van der Waals surface area contributed by atoms with Crippen molar-refractivity contribution in [2.45, 2.75) is 46.3 Å². The lowest BCUT2D eigenvalue weighted by Gasteiger charge is -2.30. The monoisotopic (exact) mass is 359 g/mol. The highest BCUT2D eigenvalue weighted by Crippen LogP contribution is 2.31. The van der Waals surface area contributed by atoms with E-state index >= 15 is 0 Å². The summed E-state index contributed by atoms with van der Waals surface area (Å²) in [6.07, 6.45) is 1.56. The van der Waals surface area contributed by atoms with Crippen LogP contribution in [0.1, 0.15) is 37.6 Å². The molecule has 0 radical (unpaired) electrons. The van der Waals surface area contributed by atoms with Crippen LogP contribution in [0.25, 0.3) is 0 Å². The van der Waals surface area contributed by atoms with E-state index in [-0.39, 0.29) is 11.9 Å². The molecule has 1 aromatic heterocycles. The van der Waals surface area contributed by atoms with Crippen LogP contribution in [-0.2, 0) is 17.7 Å². The number of rotatable bonds is 2. The second kappa shape index (κ2) is 6.90. The van der Waals surface area contributed by atoms with Gasteiger partial charge in [0.15, 0.2) is 0 Å². The second-order valence-corrected chi connectivity index (χ2v) is 7.22. The summed E-state index contributed by atoms with van der Waals surface area (Å²) >= 11 is 0. The topological polar surface area (TPSA) is 64.6 Å². The van der Waals surface area contributed by atoms with Crippen molar-refractivity contribution in [1.82, 2.24) is 14.9 Å². The molecule has 6 nitrogen and oxygen atoms in total. The fourth-order valence-corrected chi connectivity index (χ4v) is 2.70. The zero-order chi connectivity index (χ0) is 18.9. The number of ether oxygens (including phenoxy) is 2. The summed E-state index contributed by atoms with van der Waals surface area (Å²) in [5.74, 6) is 0.481. The van der Waals surface area contributed by atoms with E-state index in [0.717, 1.165) is 5.56 Å². The van der Waals surface area contributed by atoms with E-state index in [1.54, 1.807) is 24.0 Å². The summed E-state index contributed by atoms with van der Waals surface area (Å²) < 4.78 is 25.0. The molecular formula is C19H22FN3O3. The number of hydrogen-bond acceptors (Lipinski definition) is 5. The van der Waals surface area contributed by atoms with Crippen LogP contribution in [0.5, 0.6) is 11.6 Å². The Balaban J connectivity index is 1.81. The van der Waals surface area contributed by atoms with Gasteiger partial charge in [0.05, 0.1) is 12.2 Å². The van der Waals surface area contributed by atoms with Crippen molar-refractivity contribution in [3.8, 4) is 11.6 Å². The number of carbonyl (C=O) groups excluding carboxylic acids is 1. The molecule has 1 aromatic carbocycles. The zero-order valence-electron chi connectivity index (χ0n) is 15.4. The third kappa shape index (κ3) is 3.92. The number of aromatic nitrogens is 2. The van der Waals surface area contributed by atoms with Crippen molar-refractivity contribution < 1.29 is 18.7 Å². The first-order valence-corrected chi connectivity index (χ1v) is 8.48. The Morgan fingerprint density at radius 2 is 2.04 bits per heavy atom. The van der Waals surface area contributed by atoms with Crippen LogP contribution in [0, 0.1) is 12.7 Å². The van der Waals surface area contributed by atoms with Gasteiger partial charge in [-0.15, -0.1) is 0 Å². The summed E-state index contributed by atoms with van der Waals surface area (Å²) in [5, 5.41) is 0. The molecule has 7 heteroatoms. The van der Waals surface area contributed by atoms with Gasteiger partial charge in [-0.05, 0) is 46.2 Å². The third-order valence-electron chi connectivity index (χ3n) is 4.04. The first-order chi connectivity index (χ1) is 12.2. The van der Waals surface area contributed by atoms with Crippen LogP contribution in [-0.4, -0.2) is 33.1 Å². The molecule has 0 saturated carbocycles. The van der Waals surface area contributed by atoms with Crippen LogP contribution in [0.2, 0.25) is 0 Å². The van der Waals surface area contributed by atoms with E-state index in [1.807, 2.05) is 20.8 Å². The normalized spacial score (nSPS) is 14.0. The number of benzene rings is 1. The van der Waals surface area contributed by atoms with E-state index in [0.29, 0.717) is 42.4 Å². The Hall–Kier alpha value is -2.70. The molecule has 26 heavy (non-hydrogen) atoms. The number of nitrogens with zero attached hydrogens (tertiary/aromatic N) is 3. The molecule has 1 aliphatic heterocycles. The average molecular weight is 359 g/mol. The van der Waals surface area contributed by atoms with Crippen molar-refractivity contribution >= 4 is 6.09 Å². The minimum Gasteiger partial charge on any atom is -0.444 e. The minimum absolute atomic E-state index is 0.325. The van der Waals surface area contributed by atoms with Gasteiger partial charge in [-0.25, -0.2) is 19.2 Å². The van der Waals surface area contributed by atoms with Crippen LogP contribution in [0.3, 0.4) is 0 Å². The Morgan fingerprint density at radius 3 is 2.77 bits per heavy atom. The molecule has 0 aliphatic carbocycles. The summed E-state index contributed by atoms with van der Waals surface area (Å²) in [6, 6.07) is 4.68. The lowest BCUT2D eigenvalue weighted by atomic mass is 10.1. The standard InChI is InChI=1S/C19H22FN3O3/c1-12-14(20)6-5-7-16(12)25-17-13-8-9-23(10-15(13)21-11-22-17)18(24)26-19(2,3)4/h5-7,11H,8-10H2,1-4H3. The van der Waals surface area contributed by atoms with E-state index < -0.39 is 5.60 Å². The highest BCUT2D eigenvalue weighted by Gasteiger charge is 2.28. The Labute approximate surface area is 152 Å². The SMILES string of the molecule is Cc1c(F)cccc1Oc1ncnc2c1CCN(C(=O)OC(C)(C)C)C2. The van der Waals surface area contributed by atoms with E-state index in [1.165, 1.54) is 12.4 Å². The first kappa shape index (κ1) is 18.1. The molecule has 0 fully saturated rings. The van der Waals surface area contributed by atoms with Gasteiger partial charge in [0.1, 0.15) is 23.5 Å². The maximum atomic E-state index is 13.7. The predicted octanol–water partition coefficient (Wildman–Crippen LogP) is 4.01. The molecule has 1 amide bonds. The molecule has 138 valence electrons. The van der Waals surface area contributed by atoms with Gasteiger partial charge >= 0.3 is 6.09 Å². The van der Waals surface area contributed by atoms with Gasteiger partial charge in [-0.2, -0.15) is 0 Å². The average Bonchev–Trinajstić information content (AvgIpc) is 2.57. The highest BCUT2D eigenvalue weighted by atomic mass is 19.1. The molecule has 0 atom stereocenters. The van der Waals surface area contributed by atoms with Crippen molar-refractivity contribution in [2.24, 2.45) is 0 Å². The summed E-state index contributed by atoms with van der Waals surface area (Å²) in [5.41, 5.74) is 1.41. The lowest BCUT2D eigenvalue weighted by Crippen LogP contribution is -2.40. The molecule has 0 unspecified atom stereocenters. The minimum atomic E-state index is -0.549. The fourth-order valence-electron chi connectivity index (χ4n) is 2.70. The predicted molar refractivity (Wildman–Crippen MR) is 93.6 cm³/mol. The molecule has 0 saturated heterocycles. The van der Waals surface area contributed by atoms with Gasteiger partial charge < -0.3 is 14.4 Å². The molecule has 2 aromatic rings. The molecule has 0 N–H and O–H groups in total. The summed E-state index contributed by atoms with van der Waals surface area (Å²) in [4.78, 5) is 22.4. The van der Waals surface area contributed by atoms with Crippen molar-refractivity contribution in [1.29, 1.82) is 0 Å². The first-order valence-electron chi connectivity index (χ1n) is 8.48. The number of hydrogen-bond donors (Lipinski definition) is 0. The van der Waals surface area contributed by atoms with Gasteiger partial charge in [0.2, 0.25) is 5.88 Å². The van der Waals surface area contributed by atoms with Crippen LogP contribution in [0.4, 0.5) is 9.18 Å². The maximum absolute atomic E-state index is 13.7. The Bertz CT molecular complexity index is 833. The van der Waals surface area contributed by atoms with Crippen molar-refractivity contribution in [2.75, 3.05) is 6.54 Å². The quantitative estimate of drug-likeness (QED) is 0.811. The van der Waals surface area contributed by atoms with Gasteiger partial charge in [0, 0.05) is 17.7 Å². The van der Waals surface area contributed by atoms with Crippen LogP contribution >= 0.6 is 0 Å². The number of amides is 1. The zero-order valence-corrected chi connectivity index (χ0v) is 15.4. The second-order valence-electron chi connectivity index (χ2n) is 7.22. The van der Waals surface area contributed by atoms with Crippen LogP contribution < -0.4 is 4.74 Å². The maximum Gasteiger partial charge on any atom is 0.410 e. The molecule has 1 aliphatic rings. The Morgan fingerprint density at radius 1 is 1.27 bits per heavy atom. The molecule has 0 bridgehead atoms. The van der Waals surface area contributed by atoms with Crippen molar-refractivity contribution in [3.63, 3.8) is 0 Å². The lowest BCUT2D eigenvalue weighted by molar-refractivity contribution is 0.0219. The Kier molecular flexibility index (Phi) is 4.80. The fraction of sp³-hybridized carbons (Fsp3) is 0.421. The molecule has 0 spiro atoms. The smallest absolute Gasteiger partial charge is 0.410 e. The molecule has 3 rings (SSSR count). The number of halogens is 1. The van der Waals surface area contributed by atoms with E-state index in [9.17, 15) is 9.18 Å². The number of carbonyl (C=O) groups is 1. The van der Waals surface area contributed by atoms with Crippen LogP contribution in [0.15, 0.2) is 24.5 Å². The highest BCUT2D eigenvalue weighted by molar-refractivity contribution is 5.68. The molecule has 2 heterocycles. The largest absolute Gasteiger partial charge is 0.444 e. The summed E-state index contributed by atoms with van der Waals surface area (Å²) in [6.45, 7) is 7.95. The third-order valence-corrected chi connectivity index (χ3v) is 4.04. The van der Waals surface area contributed by atoms with Gasteiger partial charge in [-0.1, -0.05) is 6.07 Å². The van der Waals surface area contributed by atoms with Gasteiger partial charge in [-0.3, -0.25) is 0 Å². The van der Waals surface area contributed by atoms with Gasteiger partial charge in [0.25, 0.3) is 0 Å².